The number of aromatic nitrogens is 2. The molecule has 0 unspecified atom stereocenters. The number of ether oxygens (including phenoxy) is 1. The molecule has 0 fully saturated rings. The third-order valence-electron chi connectivity index (χ3n) is 3.94. The van der Waals surface area contributed by atoms with Gasteiger partial charge in [-0.25, -0.2) is 4.79 Å². The quantitative estimate of drug-likeness (QED) is 0.662. The van der Waals surface area contributed by atoms with Crippen molar-refractivity contribution < 1.29 is 14.3 Å². The highest BCUT2D eigenvalue weighted by Crippen LogP contribution is 2.37. The number of amides is 1. The molecule has 1 N–H and O–H groups in total. The molecular formula is C18H18ClN3O3S. The topological polar surface area (TPSA) is 73.2 Å². The minimum Gasteiger partial charge on any atom is -0.465 e. The molecule has 0 saturated carbocycles. The fraction of sp³-hybridized carbons (Fsp3) is 0.278. The van der Waals surface area contributed by atoms with Gasteiger partial charge in [0.1, 0.15) is 4.88 Å². The summed E-state index contributed by atoms with van der Waals surface area (Å²) in [6, 6.07) is 7.34. The standard InChI is InChI=1S/C18H18ClN3O3S/c1-10-8-11(2)22(21-10)7-6-15(23)20-12-4-5-13-14(9-12)26-17(16(13)19)18(24)25-3/h4-5,8-9H,6-7H2,1-3H3,(H,20,23). The molecule has 1 aromatic carbocycles. The molecule has 0 saturated heterocycles. The number of hydrogen-bond acceptors (Lipinski definition) is 5. The third kappa shape index (κ3) is 3.73. The van der Waals surface area contributed by atoms with Crippen LogP contribution in [0.4, 0.5) is 5.69 Å². The van der Waals surface area contributed by atoms with Gasteiger partial charge in [0.2, 0.25) is 5.91 Å². The summed E-state index contributed by atoms with van der Waals surface area (Å²) in [7, 11) is 1.32. The molecule has 3 aromatic rings. The second-order valence-electron chi connectivity index (χ2n) is 5.90. The van der Waals surface area contributed by atoms with Gasteiger partial charge in [-0.3, -0.25) is 9.48 Å². The van der Waals surface area contributed by atoms with Gasteiger partial charge in [0, 0.05) is 34.4 Å². The molecule has 2 heterocycles. The van der Waals surface area contributed by atoms with E-state index in [1.165, 1.54) is 18.4 Å². The van der Waals surface area contributed by atoms with E-state index in [2.05, 4.69) is 10.4 Å². The molecule has 0 radical (unpaired) electrons. The van der Waals surface area contributed by atoms with E-state index >= 15 is 0 Å². The van der Waals surface area contributed by atoms with Crippen LogP contribution in [0.3, 0.4) is 0 Å². The van der Waals surface area contributed by atoms with Gasteiger partial charge in [0.25, 0.3) is 0 Å². The predicted octanol–water partition coefficient (Wildman–Crippen LogP) is 4.18. The number of benzene rings is 1. The van der Waals surface area contributed by atoms with E-state index < -0.39 is 5.97 Å². The van der Waals surface area contributed by atoms with Gasteiger partial charge in [0.15, 0.2) is 0 Å². The van der Waals surface area contributed by atoms with Gasteiger partial charge in [-0.2, -0.15) is 5.10 Å². The van der Waals surface area contributed by atoms with Crippen molar-refractivity contribution in [3.63, 3.8) is 0 Å². The van der Waals surface area contributed by atoms with Gasteiger partial charge in [-0.15, -0.1) is 11.3 Å². The maximum absolute atomic E-state index is 12.2. The molecule has 6 nitrogen and oxygen atoms in total. The second-order valence-corrected chi connectivity index (χ2v) is 7.33. The number of halogens is 1. The minimum atomic E-state index is -0.466. The molecule has 2 aromatic heterocycles. The minimum absolute atomic E-state index is 0.104. The van der Waals surface area contributed by atoms with Crippen LogP contribution in [-0.2, 0) is 16.1 Å². The fourth-order valence-electron chi connectivity index (χ4n) is 2.70. The summed E-state index contributed by atoms with van der Waals surface area (Å²) in [5, 5.41) is 8.35. The molecular weight excluding hydrogens is 374 g/mol. The first-order valence-electron chi connectivity index (χ1n) is 8.00. The van der Waals surface area contributed by atoms with Crippen LogP contribution in [0.25, 0.3) is 10.1 Å². The normalized spacial score (nSPS) is 10.9. The zero-order valence-corrected chi connectivity index (χ0v) is 16.2. The SMILES string of the molecule is COC(=O)c1sc2cc(NC(=O)CCn3nc(C)cc3C)ccc2c1Cl. The van der Waals surface area contributed by atoms with Crippen molar-refractivity contribution >= 4 is 50.6 Å². The number of methoxy groups -OCH3 is 1. The summed E-state index contributed by atoms with van der Waals surface area (Å²) in [5.41, 5.74) is 2.62. The average Bonchev–Trinajstić information content (AvgIpc) is 3.11. The Morgan fingerprint density at radius 3 is 2.73 bits per heavy atom. The van der Waals surface area contributed by atoms with Gasteiger partial charge < -0.3 is 10.1 Å². The number of nitrogens with zero attached hydrogens (tertiary/aromatic N) is 2. The van der Waals surface area contributed by atoms with Crippen molar-refractivity contribution in [1.29, 1.82) is 0 Å². The number of hydrogen-bond donors (Lipinski definition) is 1. The molecule has 0 spiro atoms. The Bertz CT molecular complexity index is 993. The Morgan fingerprint density at radius 1 is 1.31 bits per heavy atom. The maximum Gasteiger partial charge on any atom is 0.349 e. The van der Waals surface area contributed by atoms with E-state index in [1.807, 2.05) is 24.6 Å². The molecule has 26 heavy (non-hydrogen) atoms. The Hall–Kier alpha value is -2.38. The van der Waals surface area contributed by atoms with Gasteiger partial charge in [0.05, 0.1) is 17.8 Å². The first-order valence-corrected chi connectivity index (χ1v) is 9.19. The lowest BCUT2D eigenvalue weighted by molar-refractivity contribution is -0.116. The van der Waals surface area contributed by atoms with Gasteiger partial charge >= 0.3 is 5.97 Å². The highest BCUT2D eigenvalue weighted by molar-refractivity contribution is 7.21. The Balaban J connectivity index is 1.71. The summed E-state index contributed by atoms with van der Waals surface area (Å²) < 4.78 is 7.37. The third-order valence-corrected chi connectivity index (χ3v) is 5.58. The number of aryl methyl sites for hydroxylation is 3. The van der Waals surface area contributed by atoms with E-state index in [0.29, 0.717) is 28.6 Å². The first kappa shape index (κ1) is 18.4. The lowest BCUT2D eigenvalue weighted by Gasteiger charge is -2.07. The van der Waals surface area contributed by atoms with E-state index in [1.54, 1.807) is 18.2 Å². The van der Waals surface area contributed by atoms with Crippen LogP contribution in [0.1, 0.15) is 27.5 Å². The molecule has 0 bridgehead atoms. The lowest BCUT2D eigenvalue weighted by atomic mass is 10.2. The van der Waals surface area contributed by atoms with E-state index in [4.69, 9.17) is 16.3 Å². The van der Waals surface area contributed by atoms with Crippen molar-refractivity contribution in [2.45, 2.75) is 26.8 Å². The van der Waals surface area contributed by atoms with Crippen LogP contribution >= 0.6 is 22.9 Å². The highest BCUT2D eigenvalue weighted by Gasteiger charge is 2.18. The van der Waals surface area contributed by atoms with E-state index in [-0.39, 0.29) is 5.91 Å². The van der Waals surface area contributed by atoms with Gasteiger partial charge in [-0.05, 0) is 38.1 Å². The monoisotopic (exact) mass is 391 g/mol. The van der Waals surface area contributed by atoms with E-state index in [9.17, 15) is 9.59 Å². The summed E-state index contributed by atoms with van der Waals surface area (Å²) in [6.07, 6.45) is 0.318. The zero-order chi connectivity index (χ0) is 18.8. The largest absolute Gasteiger partial charge is 0.465 e. The number of rotatable bonds is 5. The Morgan fingerprint density at radius 2 is 2.08 bits per heavy atom. The van der Waals surface area contributed by atoms with E-state index in [0.717, 1.165) is 21.5 Å². The van der Waals surface area contributed by atoms with Gasteiger partial charge in [-0.1, -0.05) is 11.6 Å². The van der Waals surface area contributed by atoms with Crippen LogP contribution in [0.2, 0.25) is 5.02 Å². The van der Waals surface area contributed by atoms with Crippen LogP contribution in [0.5, 0.6) is 0 Å². The number of thiophene rings is 1. The molecule has 136 valence electrons. The van der Waals surface area contributed by atoms with Crippen molar-refractivity contribution in [2.75, 3.05) is 12.4 Å². The second kappa shape index (κ2) is 7.47. The molecule has 0 aliphatic carbocycles. The fourth-order valence-corrected chi connectivity index (χ4v) is 4.16. The first-order chi connectivity index (χ1) is 12.4. The number of carbonyl (C=O) groups excluding carboxylic acids is 2. The zero-order valence-electron chi connectivity index (χ0n) is 14.6. The number of esters is 1. The summed E-state index contributed by atoms with van der Waals surface area (Å²) >= 11 is 7.48. The number of carbonyl (C=O) groups is 2. The lowest BCUT2D eigenvalue weighted by Crippen LogP contribution is -2.15. The number of nitrogens with one attached hydrogen (secondary N) is 1. The molecule has 0 atom stereocenters. The smallest absolute Gasteiger partial charge is 0.349 e. The van der Waals surface area contributed by atoms with Crippen molar-refractivity contribution in [1.82, 2.24) is 9.78 Å². The van der Waals surface area contributed by atoms with Crippen LogP contribution in [-0.4, -0.2) is 28.8 Å². The van der Waals surface area contributed by atoms with Crippen LogP contribution in [0.15, 0.2) is 24.3 Å². The molecule has 8 heteroatoms. The maximum atomic E-state index is 12.2. The molecule has 0 aliphatic heterocycles. The number of anilines is 1. The number of fused-ring (bicyclic) bond motifs is 1. The average molecular weight is 392 g/mol. The Labute approximate surface area is 159 Å². The summed E-state index contributed by atoms with van der Waals surface area (Å²) in [5.74, 6) is -0.570. The van der Waals surface area contributed by atoms with Crippen LogP contribution < -0.4 is 5.32 Å². The van der Waals surface area contributed by atoms with Crippen molar-refractivity contribution in [3.8, 4) is 0 Å². The van der Waals surface area contributed by atoms with Crippen molar-refractivity contribution in [2.24, 2.45) is 0 Å². The summed E-state index contributed by atoms with van der Waals surface area (Å²) in [4.78, 5) is 24.3. The highest BCUT2D eigenvalue weighted by atomic mass is 35.5. The van der Waals surface area contributed by atoms with Crippen LogP contribution in [0, 0.1) is 13.8 Å². The Kier molecular flexibility index (Phi) is 5.29. The molecule has 1 amide bonds. The van der Waals surface area contributed by atoms with Crippen molar-refractivity contribution in [3.05, 3.63) is 45.6 Å². The molecule has 0 aliphatic rings. The molecule has 3 rings (SSSR count). The predicted molar refractivity (Wildman–Crippen MR) is 103 cm³/mol. The summed E-state index contributed by atoms with van der Waals surface area (Å²) in [6.45, 7) is 4.41.